The molecule has 1 aromatic rings. The van der Waals surface area contributed by atoms with Gasteiger partial charge in [0, 0.05) is 18.8 Å². The third-order valence-electron chi connectivity index (χ3n) is 4.08. The van der Waals surface area contributed by atoms with Crippen LogP contribution in [0.15, 0.2) is 23.4 Å². The minimum Gasteiger partial charge on any atom is -0.375 e. The molecule has 1 unspecified atom stereocenters. The molecule has 2 rings (SSSR count). The van der Waals surface area contributed by atoms with Gasteiger partial charge in [0.1, 0.15) is 0 Å². The average molecular weight is 316 g/mol. The topological polar surface area (TPSA) is 68.3 Å². The van der Waals surface area contributed by atoms with Crippen molar-refractivity contribution in [3.8, 4) is 0 Å². The molecule has 1 aliphatic rings. The van der Waals surface area contributed by atoms with Crippen molar-refractivity contribution in [3.63, 3.8) is 0 Å². The summed E-state index contributed by atoms with van der Waals surface area (Å²) in [7, 11) is -3.95. The van der Waals surface area contributed by atoms with Crippen molar-refractivity contribution >= 4 is 10.0 Å². The van der Waals surface area contributed by atoms with Gasteiger partial charge in [0.05, 0.1) is 5.60 Å². The summed E-state index contributed by atoms with van der Waals surface area (Å²) in [6, 6.07) is 2.20. The first-order valence-electron chi connectivity index (χ1n) is 7.19. The molecule has 21 heavy (non-hydrogen) atoms. The number of nitrogens with one attached hydrogen (secondary N) is 1. The number of ether oxygens (including phenoxy) is 1. The van der Waals surface area contributed by atoms with Crippen molar-refractivity contribution in [2.45, 2.75) is 56.2 Å². The standard InChI is InChI=1S/C14H21FN2O3S/c1-3-14(4-2)10-11(7-9-20-14)17-21(18,19)13-12(15)6-5-8-16-13/h5-6,8,11,17H,3-4,7,9-10H2,1-2H3. The molecule has 5 nitrogen and oxygen atoms in total. The third kappa shape index (κ3) is 3.59. The summed E-state index contributed by atoms with van der Waals surface area (Å²) in [4.78, 5) is 3.64. The van der Waals surface area contributed by atoms with E-state index < -0.39 is 20.9 Å². The molecule has 0 bridgehead atoms. The first kappa shape index (κ1) is 16.3. The van der Waals surface area contributed by atoms with Gasteiger partial charge >= 0.3 is 0 Å². The van der Waals surface area contributed by atoms with Gasteiger partial charge in [-0.25, -0.2) is 22.5 Å². The average Bonchev–Trinajstić information content (AvgIpc) is 2.47. The van der Waals surface area contributed by atoms with Gasteiger partial charge in [0.15, 0.2) is 5.82 Å². The van der Waals surface area contributed by atoms with Crippen molar-refractivity contribution in [2.24, 2.45) is 0 Å². The Morgan fingerprint density at radius 1 is 1.48 bits per heavy atom. The summed E-state index contributed by atoms with van der Waals surface area (Å²) in [5.41, 5.74) is -0.298. The van der Waals surface area contributed by atoms with Gasteiger partial charge in [-0.3, -0.25) is 0 Å². The van der Waals surface area contributed by atoms with Crippen LogP contribution in [0.1, 0.15) is 39.5 Å². The first-order valence-corrected chi connectivity index (χ1v) is 8.67. The van der Waals surface area contributed by atoms with Gasteiger partial charge in [-0.05, 0) is 37.8 Å². The van der Waals surface area contributed by atoms with Crippen LogP contribution in [0.25, 0.3) is 0 Å². The Bertz CT molecular complexity index is 588. The molecule has 1 fully saturated rings. The normalized spacial score (nSPS) is 22.1. The second-order valence-electron chi connectivity index (χ2n) is 5.34. The van der Waals surface area contributed by atoms with Gasteiger partial charge in [-0.1, -0.05) is 13.8 Å². The van der Waals surface area contributed by atoms with E-state index in [9.17, 15) is 12.8 Å². The Balaban J connectivity index is 2.16. The van der Waals surface area contributed by atoms with E-state index in [-0.39, 0.29) is 11.6 Å². The van der Waals surface area contributed by atoms with Crippen LogP contribution in [-0.2, 0) is 14.8 Å². The quantitative estimate of drug-likeness (QED) is 0.904. The van der Waals surface area contributed by atoms with E-state index in [1.807, 2.05) is 13.8 Å². The van der Waals surface area contributed by atoms with E-state index in [4.69, 9.17) is 4.74 Å². The first-order chi connectivity index (χ1) is 9.92. The molecule has 2 heterocycles. The van der Waals surface area contributed by atoms with E-state index in [2.05, 4.69) is 9.71 Å². The SMILES string of the molecule is CCC1(CC)CC(NS(=O)(=O)c2ncccc2F)CCO1. The maximum Gasteiger partial charge on any atom is 0.261 e. The van der Waals surface area contributed by atoms with E-state index in [0.717, 1.165) is 18.9 Å². The van der Waals surface area contributed by atoms with Crippen LogP contribution < -0.4 is 4.72 Å². The predicted molar refractivity (Wildman–Crippen MR) is 76.8 cm³/mol. The summed E-state index contributed by atoms with van der Waals surface area (Å²) >= 11 is 0. The predicted octanol–water partition coefficient (Wildman–Crippen LogP) is 2.24. The highest BCUT2D eigenvalue weighted by Crippen LogP contribution is 2.32. The Kier molecular flexibility index (Phi) is 4.95. The zero-order valence-electron chi connectivity index (χ0n) is 12.3. The zero-order chi connectivity index (χ0) is 15.5. The number of halogens is 1. The molecule has 1 saturated heterocycles. The van der Waals surface area contributed by atoms with E-state index >= 15 is 0 Å². The summed E-state index contributed by atoms with van der Waals surface area (Å²) < 4.78 is 46.5. The monoisotopic (exact) mass is 316 g/mol. The number of hydrogen-bond donors (Lipinski definition) is 1. The van der Waals surface area contributed by atoms with Crippen molar-refractivity contribution in [1.82, 2.24) is 9.71 Å². The number of hydrogen-bond acceptors (Lipinski definition) is 4. The van der Waals surface area contributed by atoms with E-state index in [1.54, 1.807) is 0 Å². The number of sulfonamides is 1. The third-order valence-corrected chi connectivity index (χ3v) is 5.54. The van der Waals surface area contributed by atoms with Crippen molar-refractivity contribution < 1.29 is 17.5 Å². The van der Waals surface area contributed by atoms with Crippen LogP contribution in [0, 0.1) is 5.82 Å². The van der Waals surface area contributed by atoms with Gasteiger partial charge in [0.25, 0.3) is 10.0 Å². The highest BCUT2D eigenvalue weighted by atomic mass is 32.2. The summed E-state index contributed by atoms with van der Waals surface area (Å²) in [5, 5.41) is -0.546. The fourth-order valence-corrected chi connectivity index (χ4v) is 3.99. The molecule has 0 amide bonds. The van der Waals surface area contributed by atoms with Crippen LogP contribution in [-0.4, -0.2) is 31.7 Å². The molecule has 0 spiro atoms. The molecule has 0 aromatic carbocycles. The maximum absolute atomic E-state index is 13.6. The van der Waals surface area contributed by atoms with Crippen LogP contribution in [0.2, 0.25) is 0 Å². The molecule has 1 N–H and O–H groups in total. The Labute approximate surface area is 125 Å². The van der Waals surface area contributed by atoms with Gasteiger partial charge in [-0.15, -0.1) is 0 Å². The number of rotatable bonds is 5. The summed E-state index contributed by atoms with van der Waals surface area (Å²) in [5.74, 6) is -0.839. The van der Waals surface area contributed by atoms with Gasteiger partial charge in [0.2, 0.25) is 5.03 Å². The molecule has 0 saturated carbocycles. The number of aromatic nitrogens is 1. The van der Waals surface area contributed by atoms with Gasteiger partial charge in [-0.2, -0.15) is 0 Å². The lowest BCUT2D eigenvalue weighted by molar-refractivity contribution is -0.0905. The largest absolute Gasteiger partial charge is 0.375 e. The molecule has 1 atom stereocenters. The van der Waals surface area contributed by atoms with Gasteiger partial charge < -0.3 is 4.74 Å². The van der Waals surface area contributed by atoms with Crippen molar-refractivity contribution in [2.75, 3.05) is 6.61 Å². The number of pyridine rings is 1. The van der Waals surface area contributed by atoms with E-state index in [0.29, 0.717) is 19.4 Å². The second kappa shape index (κ2) is 6.37. The number of nitrogens with zero attached hydrogens (tertiary/aromatic N) is 1. The lowest BCUT2D eigenvalue weighted by Gasteiger charge is -2.40. The highest BCUT2D eigenvalue weighted by Gasteiger charge is 2.36. The maximum atomic E-state index is 13.6. The molecule has 0 aliphatic carbocycles. The van der Waals surface area contributed by atoms with Crippen LogP contribution in [0.3, 0.4) is 0 Å². The lowest BCUT2D eigenvalue weighted by Crippen LogP contribution is -2.48. The molecule has 118 valence electrons. The minimum atomic E-state index is -3.95. The molecule has 7 heteroatoms. The van der Waals surface area contributed by atoms with E-state index in [1.165, 1.54) is 12.3 Å². The smallest absolute Gasteiger partial charge is 0.261 e. The minimum absolute atomic E-state index is 0.259. The molecular formula is C14H21FN2O3S. The molecule has 0 radical (unpaired) electrons. The fraction of sp³-hybridized carbons (Fsp3) is 0.643. The summed E-state index contributed by atoms with van der Waals surface area (Å²) in [6.07, 6.45) is 4.08. The molecule has 1 aromatic heterocycles. The molecular weight excluding hydrogens is 295 g/mol. The van der Waals surface area contributed by atoms with Crippen LogP contribution in [0.4, 0.5) is 4.39 Å². The Morgan fingerprint density at radius 2 is 2.19 bits per heavy atom. The van der Waals surface area contributed by atoms with Crippen molar-refractivity contribution in [1.29, 1.82) is 0 Å². The Hall–Kier alpha value is -1.05. The molecule has 1 aliphatic heterocycles. The zero-order valence-corrected chi connectivity index (χ0v) is 13.1. The summed E-state index contributed by atoms with van der Waals surface area (Å²) in [6.45, 7) is 4.55. The second-order valence-corrected chi connectivity index (χ2v) is 6.97. The lowest BCUT2D eigenvalue weighted by atomic mass is 9.86. The Morgan fingerprint density at radius 3 is 2.81 bits per heavy atom. The fourth-order valence-electron chi connectivity index (χ4n) is 2.72. The van der Waals surface area contributed by atoms with Crippen LogP contribution >= 0.6 is 0 Å². The van der Waals surface area contributed by atoms with Crippen molar-refractivity contribution in [3.05, 3.63) is 24.1 Å². The highest BCUT2D eigenvalue weighted by molar-refractivity contribution is 7.89. The van der Waals surface area contributed by atoms with Crippen LogP contribution in [0.5, 0.6) is 0 Å².